The van der Waals surface area contributed by atoms with Crippen LogP contribution in [0.15, 0.2) is 0 Å². The van der Waals surface area contributed by atoms with Crippen molar-refractivity contribution in [3.05, 3.63) is 5.01 Å². The van der Waals surface area contributed by atoms with E-state index in [9.17, 15) is 9.59 Å². The predicted octanol–water partition coefficient (Wildman–Crippen LogP) is 1.68. The summed E-state index contributed by atoms with van der Waals surface area (Å²) in [6.07, 6.45) is 2.97. The lowest BCUT2D eigenvalue weighted by Crippen LogP contribution is -2.36. The van der Waals surface area contributed by atoms with Gasteiger partial charge in [0, 0.05) is 0 Å². The number of hydrogen-bond donors (Lipinski definition) is 2. The van der Waals surface area contributed by atoms with Crippen LogP contribution in [-0.2, 0) is 9.59 Å². The largest absolute Gasteiger partial charge is 0.481 e. The summed E-state index contributed by atoms with van der Waals surface area (Å²) in [5.41, 5.74) is 0. The number of carbonyl (C=O) groups excluding carboxylic acids is 1. The number of amides is 1. The Kier molecular flexibility index (Phi) is 3.90. The Bertz CT molecular complexity index is 460. The number of hydrogen-bond acceptors (Lipinski definition) is 5. The molecule has 2 N–H and O–H groups in total. The van der Waals surface area contributed by atoms with E-state index < -0.39 is 17.8 Å². The first-order valence-corrected chi connectivity index (χ1v) is 6.73. The van der Waals surface area contributed by atoms with Crippen LogP contribution in [0.4, 0.5) is 5.13 Å². The number of nitrogens with zero attached hydrogens (tertiary/aromatic N) is 2. The highest BCUT2D eigenvalue weighted by atomic mass is 32.1. The van der Waals surface area contributed by atoms with Crippen LogP contribution in [0, 0.1) is 18.8 Å². The van der Waals surface area contributed by atoms with Crippen molar-refractivity contribution in [3.63, 3.8) is 0 Å². The summed E-state index contributed by atoms with van der Waals surface area (Å²) in [6.45, 7) is 1.80. The van der Waals surface area contributed by atoms with E-state index in [1.54, 1.807) is 6.92 Å². The molecule has 1 saturated carbocycles. The molecule has 1 aliphatic carbocycles. The summed E-state index contributed by atoms with van der Waals surface area (Å²) in [4.78, 5) is 23.2. The van der Waals surface area contributed by atoms with Gasteiger partial charge in [0.25, 0.3) is 0 Å². The third kappa shape index (κ3) is 2.84. The van der Waals surface area contributed by atoms with Crippen molar-refractivity contribution < 1.29 is 14.7 Å². The van der Waals surface area contributed by atoms with Gasteiger partial charge in [0.2, 0.25) is 11.0 Å². The van der Waals surface area contributed by atoms with E-state index in [1.807, 2.05) is 0 Å². The highest BCUT2D eigenvalue weighted by molar-refractivity contribution is 7.15. The smallest absolute Gasteiger partial charge is 0.307 e. The monoisotopic (exact) mass is 269 g/mol. The number of anilines is 1. The third-order valence-corrected chi connectivity index (χ3v) is 3.93. The maximum absolute atomic E-state index is 12.1. The van der Waals surface area contributed by atoms with Crippen molar-refractivity contribution in [1.82, 2.24) is 10.2 Å². The van der Waals surface area contributed by atoms with E-state index in [0.29, 0.717) is 18.0 Å². The van der Waals surface area contributed by atoms with Crippen molar-refractivity contribution in [3.8, 4) is 0 Å². The lowest BCUT2D eigenvalue weighted by atomic mass is 9.79. The number of nitrogens with one attached hydrogen (secondary N) is 1. The van der Waals surface area contributed by atoms with E-state index in [4.69, 9.17) is 5.11 Å². The van der Waals surface area contributed by atoms with Crippen molar-refractivity contribution in [2.75, 3.05) is 5.32 Å². The molecule has 0 radical (unpaired) electrons. The zero-order valence-electron chi connectivity index (χ0n) is 10.0. The predicted molar refractivity (Wildman–Crippen MR) is 66.4 cm³/mol. The van der Waals surface area contributed by atoms with Gasteiger partial charge in [-0.05, 0) is 19.8 Å². The molecule has 0 aromatic carbocycles. The Labute approximate surface area is 108 Å². The molecule has 98 valence electrons. The molecule has 1 heterocycles. The summed E-state index contributed by atoms with van der Waals surface area (Å²) < 4.78 is 0. The molecule has 0 bridgehead atoms. The fraction of sp³-hybridized carbons (Fsp3) is 0.636. The van der Waals surface area contributed by atoms with Gasteiger partial charge in [-0.1, -0.05) is 24.2 Å². The zero-order chi connectivity index (χ0) is 13.1. The molecule has 0 saturated heterocycles. The van der Waals surface area contributed by atoms with Crippen molar-refractivity contribution in [2.24, 2.45) is 11.8 Å². The molecule has 2 atom stereocenters. The molecule has 1 aromatic rings. The highest BCUT2D eigenvalue weighted by Gasteiger charge is 2.35. The standard InChI is InChI=1S/C11H15N3O3S/c1-6-13-14-11(18-6)12-9(15)7-4-2-3-5-8(7)10(16)17/h7-8H,2-5H2,1H3,(H,16,17)(H,12,14,15)/t7-,8+/m0/s1. The van der Waals surface area contributed by atoms with Crippen LogP contribution < -0.4 is 5.32 Å². The van der Waals surface area contributed by atoms with Gasteiger partial charge in [-0.3, -0.25) is 9.59 Å². The van der Waals surface area contributed by atoms with E-state index >= 15 is 0 Å². The molecule has 7 heteroatoms. The Morgan fingerprint density at radius 3 is 2.50 bits per heavy atom. The second-order valence-corrected chi connectivity index (χ2v) is 5.63. The minimum Gasteiger partial charge on any atom is -0.481 e. The first-order chi connectivity index (χ1) is 8.58. The van der Waals surface area contributed by atoms with Gasteiger partial charge in [0.05, 0.1) is 11.8 Å². The summed E-state index contributed by atoms with van der Waals surface area (Å²) in [5, 5.41) is 20.6. The van der Waals surface area contributed by atoms with Crippen LogP contribution in [0.2, 0.25) is 0 Å². The molecule has 0 aliphatic heterocycles. The normalized spacial score (nSPS) is 23.6. The fourth-order valence-corrected chi connectivity index (χ4v) is 2.88. The second kappa shape index (κ2) is 5.43. The van der Waals surface area contributed by atoms with Crippen LogP contribution in [0.3, 0.4) is 0 Å². The second-order valence-electron chi connectivity index (χ2n) is 4.45. The van der Waals surface area contributed by atoms with Crippen LogP contribution in [0.5, 0.6) is 0 Å². The van der Waals surface area contributed by atoms with Crippen LogP contribution >= 0.6 is 11.3 Å². The molecular formula is C11H15N3O3S. The Morgan fingerprint density at radius 1 is 1.28 bits per heavy atom. The molecule has 18 heavy (non-hydrogen) atoms. The lowest BCUT2D eigenvalue weighted by Gasteiger charge is -2.26. The molecule has 1 aliphatic rings. The molecular weight excluding hydrogens is 254 g/mol. The van der Waals surface area contributed by atoms with Gasteiger partial charge in [0.15, 0.2) is 0 Å². The average molecular weight is 269 g/mol. The third-order valence-electron chi connectivity index (χ3n) is 3.18. The number of carboxylic acids is 1. The lowest BCUT2D eigenvalue weighted by molar-refractivity contribution is -0.147. The molecule has 1 aromatic heterocycles. The van der Waals surface area contributed by atoms with Gasteiger partial charge in [-0.2, -0.15) is 0 Å². The molecule has 1 fully saturated rings. The SMILES string of the molecule is Cc1nnc(NC(=O)[C@H]2CCCC[C@H]2C(=O)O)s1. The molecule has 0 unspecified atom stereocenters. The van der Waals surface area contributed by atoms with Crippen LogP contribution in [-0.4, -0.2) is 27.2 Å². The Hall–Kier alpha value is -1.50. The van der Waals surface area contributed by atoms with Gasteiger partial charge >= 0.3 is 5.97 Å². The number of rotatable bonds is 3. The van der Waals surface area contributed by atoms with E-state index in [0.717, 1.165) is 17.8 Å². The maximum atomic E-state index is 12.1. The zero-order valence-corrected chi connectivity index (χ0v) is 10.9. The van der Waals surface area contributed by atoms with Gasteiger partial charge < -0.3 is 10.4 Å². The topological polar surface area (TPSA) is 92.2 Å². The maximum Gasteiger partial charge on any atom is 0.307 e. The Morgan fingerprint density at radius 2 is 1.94 bits per heavy atom. The van der Waals surface area contributed by atoms with E-state index in [-0.39, 0.29) is 5.91 Å². The van der Waals surface area contributed by atoms with Crippen LogP contribution in [0.1, 0.15) is 30.7 Å². The van der Waals surface area contributed by atoms with Crippen LogP contribution in [0.25, 0.3) is 0 Å². The van der Waals surface area contributed by atoms with Crippen molar-refractivity contribution in [1.29, 1.82) is 0 Å². The highest BCUT2D eigenvalue weighted by Crippen LogP contribution is 2.31. The number of carboxylic acid groups (broad SMARTS) is 1. The quantitative estimate of drug-likeness (QED) is 0.870. The molecule has 0 spiro atoms. The fourth-order valence-electron chi connectivity index (χ4n) is 2.29. The van der Waals surface area contributed by atoms with Gasteiger partial charge in [-0.25, -0.2) is 0 Å². The van der Waals surface area contributed by atoms with E-state index in [1.165, 1.54) is 11.3 Å². The molecule has 6 nitrogen and oxygen atoms in total. The van der Waals surface area contributed by atoms with Gasteiger partial charge in [0.1, 0.15) is 5.01 Å². The minimum absolute atomic E-state index is 0.252. The van der Waals surface area contributed by atoms with Crippen molar-refractivity contribution in [2.45, 2.75) is 32.6 Å². The van der Waals surface area contributed by atoms with E-state index in [2.05, 4.69) is 15.5 Å². The number of aliphatic carboxylic acids is 1. The molecule has 2 rings (SSSR count). The summed E-state index contributed by atoms with van der Waals surface area (Å²) in [6, 6.07) is 0. The van der Waals surface area contributed by atoms with Gasteiger partial charge in [-0.15, -0.1) is 10.2 Å². The first-order valence-electron chi connectivity index (χ1n) is 5.91. The van der Waals surface area contributed by atoms with Crippen molar-refractivity contribution >= 4 is 28.3 Å². The Balaban J connectivity index is 2.04. The first kappa shape index (κ1) is 12.9. The number of aromatic nitrogens is 2. The minimum atomic E-state index is -0.886. The number of aryl methyl sites for hydroxylation is 1. The summed E-state index contributed by atoms with van der Waals surface area (Å²) in [5.74, 6) is -2.17. The average Bonchev–Trinajstić information content (AvgIpc) is 2.74. The molecule has 1 amide bonds. The number of carbonyl (C=O) groups is 2. The summed E-state index contributed by atoms with van der Waals surface area (Å²) in [7, 11) is 0. The summed E-state index contributed by atoms with van der Waals surface area (Å²) >= 11 is 1.29.